The van der Waals surface area contributed by atoms with Gasteiger partial charge in [-0.3, -0.25) is 4.57 Å². The van der Waals surface area contributed by atoms with Crippen LogP contribution in [0.4, 0.5) is 0 Å². The van der Waals surface area contributed by atoms with E-state index in [9.17, 15) is 4.57 Å². The average molecular weight is 278 g/mol. The highest BCUT2D eigenvalue weighted by atomic mass is 31.2. The fourth-order valence-corrected chi connectivity index (χ4v) is 3.02. The van der Waals surface area contributed by atoms with Crippen LogP contribution in [0.5, 0.6) is 0 Å². The Labute approximate surface area is 113 Å². The first-order chi connectivity index (χ1) is 8.99. The van der Waals surface area contributed by atoms with Crippen LogP contribution in [0.25, 0.3) is 10.8 Å². The van der Waals surface area contributed by atoms with Gasteiger partial charge in [-0.25, -0.2) is 0 Å². The largest absolute Gasteiger partial charge is 0.329 e. The molecule has 0 aliphatic rings. The van der Waals surface area contributed by atoms with Crippen LogP contribution in [0.1, 0.15) is 30.9 Å². The van der Waals surface area contributed by atoms with Crippen molar-refractivity contribution in [3.63, 3.8) is 0 Å². The van der Waals surface area contributed by atoms with Gasteiger partial charge in [-0.2, -0.15) is 0 Å². The van der Waals surface area contributed by atoms with Gasteiger partial charge in [-0.1, -0.05) is 49.7 Å². The third-order valence-corrected chi connectivity index (χ3v) is 3.98. The fourth-order valence-electron chi connectivity index (χ4n) is 2.30. The molecule has 0 aliphatic heterocycles. The minimum atomic E-state index is -4.02. The monoisotopic (exact) mass is 278 g/mol. The molecule has 0 aromatic heterocycles. The zero-order chi connectivity index (χ0) is 13.9. The highest BCUT2D eigenvalue weighted by molar-refractivity contribution is 7.50. The number of hydrogen-bond acceptors (Lipinski definition) is 1. The highest BCUT2D eigenvalue weighted by Crippen LogP contribution is 2.40. The SMILES string of the molecule is CCCCc1ccc2c(CP(=O)(O)O)cccc2c1. The predicted octanol–water partition coefficient (Wildman–Crippen LogP) is 3.86. The first-order valence-corrected chi connectivity index (χ1v) is 8.34. The van der Waals surface area contributed by atoms with Crippen molar-refractivity contribution in [3.05, 3.63) is 47.5 Å². The van der Waals surface area contributed by atoms with Crippen LogP contribution in [0.2, 0.25) is 0 Å². The van der Waals surface area contributed by atoms with Gasteiger partial charge >= 0.3 is 7.60 Å². The smallest absolute Gasteiger partial charge is 0.324 e. The molecule has 0 heterocycles. The van der Waals surface area contributed by atoms with Crippen LogP contribution in [-0.2, 0) is 17.1 Å². The molecular weight excluding hydrogens is 259 g/mol. The first-order valence-electron chi connectivity index (χ1n) is 6.55. The zero-order valence-corrected chi connectivity index (χ0v) is 11.9. The van der Waals surface area contributed by atoms with E-state index in [1.165, 1.54) is 5.56 Å². The van der Waals surface area contributed by atoms with E-state index in [1.807, 2.05) is 18.2 Å². The Balaban J connectivity index is 2.38. The quantitative estimate of drug-likeness (QED) is 0.816. The van der Waals surface area contributed by atoms with Crippen LogP contribution in [0.3, 0.4) is 0 Å². The molecule has 2 N–H and O–H groups in total. The number of rotatable bonds is 5. The van der Waals surface area contributed by atoms with Gasteiger partial charge in [0.2, 0.25) is 0 Å². The van der Waals surface area contributed by atoms with E-state index < -0.39 is 7.60 Å². The summed E-state index contributed by atoms with van der Waals surface area (Å²) < 4.78 is 11.1. The lowest BCUT2D eigenvalue weighted by Gasteiger charge is -2.09. The fraction of sp³-hybridized carbons (Fsp3) is 0.333. The van der Waals surface area contributed by atoms with E-state index in [0.717, 1.165) is 30.0 Å². The van der Waals surface area contributed by atoms with Gasteiger partial charge < -0.3 is 9.79 Å². The van der Waals surface area contributed by atoms with Crippen LogP contribution in [0, 0.1) is 0 Å². The molecule has 19 heavy (non-hydrogen) atoms. The number of fused-ring (bicyclic) bond motifs is 1. The second-order valence-corrected chi connectivity index (χ2v) is 6.54. The molecule has 3 nitrogen and oxygen atoms in total. The molecule has 0 bridgehead atoms. The summed E-state index contributed by atoms with van der Waals surface area (Å²) in [7, 11) is -4.02. The van der Waals surface area contributed by atoms with Crippen molar-refractivity contribution in [1.29, 1.82) is 0 Å². The maximum absolute atomic E-state index is 11.1. The summed E-state index contributed by atoms with van der Waals surface area (Å²) in [6.45, 7) is 2.17. The summed E-state index contributed by atoms with van der Waals surface area (Å²) in [6, 6.07) is 11.8. The van der Waals surface area contributed by atoms with Crippen molar-refractivity contribution in [3.8, 4) is 0 Å². The van der Waals surface area contributed by atoms with E-state index in [2.05, 4.69) is 19.1 Å². The molecule has 0 unspecified atom stereocenters. The third kappa shape index (κ3) is 3.90. The lowest BCUT2D eigenvalue weighted by molar-refractivity contribution is 0.372. The molecule has 2 rings (SSSR count). The number of aryl methyl sites for hydroxylation is 1. The Morgan fingerprint density at radius 3 is 2.63 bits per heavy atom. The van der Waals surface area contributed by atoms with E-state index in [-0.39, 0.29) is 6.16 Å². The number of hydrogen-bond donors (Lipinski definition) is 2. The topological polar surface area (TPSA) is 57.5 Å². The Morgan fingerprint density at radius 2 is 1.95 bits per heavy atom. The Morgan fingerprint density at radius 1 is 1.16 bits per heavy atom. The molecule has 0 saturated heterocycles. The molecule has 102 valence electrons. The summed E-state index contributed by atoms with van der Waals surface area (Å²) in [6.07, 6.45) is 3.18. The van der Waals surface area contributed by atoms with Crippen molar-refractivity contribution >= 4 is 18.4 Å². The Kier molecular flexibility index (Phi) is 4.41. The molecular formula is C15H19O3P. The van der Waals surface area contributed by atoms with Gasteiger partial charge in [0.1, 0.15) is 0 Å². The van der Waals surface area contributed by atoms with Crippen molar-refractivity contribution < 1.29 is 14.4 Å². The minimum absolute atomic E-state index is 0.196. The molecule has 2 aromatic carbocycles. The Bertz CT molecular complexity index is 616. The molecule has 0 radical (unpaired) electrons. The molecule has 2 aromatic rings. The maximum Gasteiger partial charge on any atom is 0.329 e. The van der Waals surface area contributed by atoms with Gasteiger partial charge in [0.05, 0.1) is 6.16 Å². The molecule has 0 fully saturated rings. The Hall–Kier alpha value is -1.15. The second-order valence-electron chi connectivity index (χ2n) is 4.90. The van der Waals surface area contributed by atoms with Crippen LogP contribution >= 0.6 is 7.60 Å². The zero-order valence-electron chi connectivity index (χ0n) is 11.0. The van der Waals surface area contributed by atoms with E-state index in [1.54, 1.807) is 6.07 Å². The molecule has 0 atom stereocenters. The first kappa shape index (κ1) is 14.3. The highest BCUT2D eigenvalue weighted by Gasteiger charge is 2.15. The summed E-state index contributed by atoms with van der Waals surface area (Å²) in [5, 5.41) is 1.99. The minimum Gasteiger partial charge on any atom is -0.324 e. The predicted molar refractivity (Wildman–Crippen MR) is 78.3 cm³/mol. The van der Waals surface area contributed by atoms with E-state index in [0.29, 0.717) is 5.56 Å². The molecule has 4 heteroatoms. The van der Waals surface area contributed by atoms with Crippen molar-refractivity contribution in [2.75, 3.05) is 0 Å². The standard InChI is InChI=1S/C15H19O3P/c1-2-3-5-12-8-9-15-13(10-12)6-4-7-14(15)11-19(16,17)18/h4,6-10H,2-3,5,11H2,1H3,(H2,16,17,18). The summed E-state index contributed by atoms with van der Waals surface area (Å²) >= 11 is 0. The second kappa shape index (κ2) is 5.87. The lowest BCUT2D eigenvalue weighted by Crippen LogP contribution is -1.90. The van der Waals surface area contributed by atoms with Crippen LogP contribution in [0.15, 0.2) is 36.4 Å². The molecule has 0 aliphatic carbocycles. The maximum atomic E-state index is 11.1. The van der Waals surface area contributed by atoms with Crippen molar-refractivity contribution in [1.82, 2.24) is 0 Å². The third-order valence-electron chi connectivity index (χ3n) is 3.23. The average Bonchev–Trinajstić information content (AvgIpc) is 2.34. The lowest BCUT2D eigenvalue weighted by atomic mass is 10.0. The van der Waals surface area contributed by atoms with Gasteiger partial charge in [0, 0.05) is 0 Å². The van der Waals surface area contributed by atoms with Crippen molar-refractivity contribution in [2.45, 2.75) is 32.3 Å². The van der Waals surface area contributed by atoms with Gasteiger partial charge in [0.15, 0.2) is 0 Å². The van der Waals surface area contributed by atoms with Gasteiger partial charge in [-0.15, -0.1) is 0 Å². The van der Waals surface area contributed by atoms with Gasteiger partial charge in [-0.05, 0) is 34.7 Å². The normalized spacial score (nSPS) is 11.9. The van der Waals surface area contributed by atoms with Crippen LogP contribution < -0.4 is 0 Å². The summed E-state index contributed by atoms with van der Waals surface area (Å²) in [5.74, 6) is 0. The van der Waals surface area contributed by atoms with Gasteiger partial charge in [0.25, 0.3) is 0 Å². The van der Waals surface area contributed by atoms with E-state index in [4.69, 9.17) is 9.79 Å². The number of unbranched alkanes of at least 4 members (excludes halogenated alkanes) is 1. The van der Waals surface area contributed by atoms with Crippen molar-refractivity contribution in [2.24, 2.45) is 0 Å². The molecule has 0 amide bonds. The molecule has 0 saturated carbocycles. The summed E-state index contributed by atoms with van der Waals surface area (Å²) in [5.41, 5.74) is 2.00. The van der Waals surface area contributed by atoms with E-state index >= 15 is 0 Å². The summed E-state index contributed by atoms with van der Waals surface area (Å²) in [4.78, 5) is 18.2. The van der Waals surface area contributed by atoms with Crippen LogP contribution in [-0.4, -0.2) is 9.79 Å². The molecule has 0 spiro atoms. The number of benzene rings is 2.